The second-order valence-corrected chi connectivity index (χ2v) is 5.68. The van der Waals surface area contributed by atoms with Gasteiger partial charge in [0.15, 0.2) is 0 Å². The lowest BCUT2D eigenvalue weighted by molar-refractivity contribution is 1.10. The van der Waals surface area contributed by atoms with Gasteiger partial charge in [0.25, 0.3) is 0 Å². The average molecular weight is 302 g/mol. The molecule has 0 radical (unpaired) electrons. The number of aromatic nitrogens is 3. The van der Waals surface area contributed by atoms with Crippen LogP contribution in [-0.2, 0) is 13.0 Å². The van der Waals surface area contributed by atoms with Gasteiger partial charge in [0.2, 0.25) is 0 Å². The Hall–Kier alpha value is -2.88. The highest BCUT2D eigenvalue weighted by atomic mass is 15.0. The Morgan fingerprint density at radius 1 is 1.00 bits per heavy atom. The smallest absolute Gasteiger partial charge is 0.145 e. The first kappa shape index (κ1) is 13.8. The van der Waals surface area contributed by atoms with Crippen molar-refractivity contribution in [2.24, 2.45) is 0 Å². The van der Waals surface area contributed by atoms with Crippen molar-refractivity contribution in [3.63, 3.8) is 0 Å². The summed E-state index contributed by atoms with van der Waals surface area (Å²) in [5, 5.41) is 4.59. The molecule has 0 amide bonds. The van der Waals surface area contributed by atoms with Gasteiger partial charge in [-0.25, -0.2) is 4.98 Å². The maximum atomic E-state index is 4.67. The van der Waals surface area contributed by atoms with Crippen molar-refractivity contribution in [2.75, 3.05) is 5.32 Å². The van der Waals surface area contributed by atoms with Crippen LogP contribution in [0.5, 0.6) is 0 Å². The van der Waals surface area contributed by atoms with Gasteiger partial charge < -0.3 is 10.3 Å². The molecule has 0 aliphatic heterocycles. The van der Waals surface area contributed by atoms with Crippen molar-refractivity contribution >= 4 is 27.8 Å². The molecule has 0 atom stereocenters. The molecule has 2 aromatic carbocycles. The summed E-state index contributed by atoms with van der Waals surface area (Å²) in [6.07, 6.45) is 4.76. The number of fused-ring (bicyclic) bond motifs is 2. The lowest BCUT2D eigenvalue weighted by Gasteiger charge is -2.07. The molecule has 4 heteroatoms. The molecule has 2 heterocycles. The van der Waals surface area contributed by atoms with Gasteiger partial charge in [-0.2, -0.15) is 0 Å². The van der Waals surface area contributed by atoms with Crippen LogP contribution in [-0.4, -0.2) is 15.0 Å². The van der Waals surface area contributed by atoms with E-state index >= 15 is 0 Å². The van der Waals surface area contributed by atoms with Gasteiger partial charge in [0.05, 0.1) is 17.2 Å². The highest BCUT2D eigenvalue weighted by Crippen LogP contribution is 2.17. The summed E-state index contributed by atoms with van der Waals surface area (Å²) in [4.78, 5) is 12.4. The number of anilines is 1. The van der Waals surface area contributed by atoms with E-state index in [1.807, 2.05) is 12.3 Å². The molecule has 0 fully saturated rings. The molecule has 0 aliphatic rings. The Labute approximate surface area is 134 Å². The van der Waals surface area contributed by atoms with E-state index in [0.29, 0.717) is 0 Å². The molecule has 0 aliphatic carbocycles. The predicted octanol–water partition coefficient (Wildman–Crippen LogP) is 4.29. The van der Waals surface area contributed by atoms with Crippen LogP contribution in [0.15, 0.2) is 54.9 Å². The number of nitrogens with zero attached hydrogens (tertiary/aromatic N) is 2. The van der Waals surface area contributed by atoms with Crippen LogP contribution in [0.3, 0.4) is 0 Å². The predicted molar refractivity (Wildman–Crippen MR) is 94.5 cm³/mol. The summed E-state index contributed by atoms with van der Waals surface area (Å²) >= 11 is 0. The van der Waals surface area contributed by atoms with Gasteiger partial charge in [0.1, 0.15) is 5.82 Å². The Balaban J connectivity index is 1.56. The Bertz CT molecular complexity index is 971. The maximum Gasteiger partial charge on any atom is 0.145 e. The quantitative estimate of drug-likeness (QED) is 0.591. The van der Waals surface area contributed by atoms with Gasteiger partial charge >= 0.3 is 0 Å². The molecule has 114 valence electrons. The zero-order valence-electron chi connectivity index (χ0n) is 13.0. The Morgan fingerprint density at radius 2 is 1.91 bits per heavy atom. The van der Waals surface area contributed by atoms with E-state index in [9.17, 15) is 0 Å². The molecule has 4 rings (SSSR count). The van der Waals surface area contributed by atoms with Crippen LogP contribution in [0.4, 0.5) is 5.82 Å². The third-order valence-corrected chi connectivity index (χ3v) is 4.11. The van der Waals surface area contributed by atoms with E-state index in [0.717, 1.165) is 35.3 Å². The van der Waals surface area contributed by atoms with Gasteiger partial charge in [-0.15, -0.1) is 0 Å². The van der Waals surface area contributed by atoms with Crippen molar-refractivity contribution in [3.05, 3.63) is 66.0 Å². The van der Waals surface area contributed by atoms with Crippen LogP contribution >= 0.6 is 0 Å². The summed E-state index contributed by atoms with van der Waals surface area (Å²) in [5.41, 5.74) is 5.52. The molecular weight excluding hydrogens is 284 g/mol. The number of benzene rings is 2. The van der Waals surface area contributed by atoms with E-state index in [2.05, 4.69) is 63.6 Å². The van der Waals surface area contributed by atoms with Crippen molar-refractivity contribution in [2.45, 2.75) is 19.9 Å². The highest BCUT2D eigenvalue weighted by molar-refractivity contribution is 5.80. The Morgan fingerprint density at radius 3 is 2.83 bits per heavy atom. The largest absolute Gasteiger partial charge is 0.365 e. The SMILES string of the molecule is CCc1ccc2ncc(NCc3ccc4cc[nH]c4c3)nc2c1. The minimum absolute atomic E-state index is 0.725. The summed E-state index contributed by atoms with van der Waals surface area (Å²) in [5.74, 6) is 0.803. The minimum atomic E-state index is 0.725. The third-order valence-electron chi connectivity index (χ3n) is 4.11. The first-order valence-electron chi connectivity index (χ1n) is 7.87. The number of rotatable bonds is 4. The molecule has 2 aromatic heterocycles. The summed E-state index contributed by atoms with van der Waals surface area (Å²) in [6.45, 7) is 2.87. The maximum absolute atomic E-state index is 4.67. The molecule has 2 N–H and O–H groups in total. The van der Waals surface area contributed by atoms with Crippen molar-refractivity contribution < 1.29 is 0 Å². The van der Waals surface area contributed by atoms with Gasteiger partial charge in [-0.05, 0) is 47.2 Å². The van der Waals surface area contributed by atoms with Gasteiger partial charge in [-0.1, -0.05) is 25.1 Å². The number of hydrogen-bond donors (Lipinski definition) is 2. The standard InChI is InChI=1S/C19H18N4/c1-2-13-4-6-16-18(9-13)23-19(12-21-16)22-11-14-3-5-15-7-8-20-17(15)10-14/h3-10,12,20H,2,11H2,1H3,(H,22,23). The number of hydrogen-bond acceptors (Lipinski definition) is 3. The number of aromatic amines is 1. The van der Waals surface area contributed by atoms with Crippen molar-refractivity contribution in [1.82, 2.24) is 15.0 Å². The minimum Gasteiger partial charge on any atom is -0.365 e. The highest BCUT2D eigenvalue weighted by Gasteiger charge is 2.02. The van der Waals surface area contributed by atoms with Crippen LogP contribution in [0.1, 0.15) is 18.1 Å². The molecular formula is C19H18N4. The van der Waals surface area contributed by atoms with Crippen LogP contribution in [0.2, 0.25) is 0 Å². The molecule has 0 saturated heterocycles. The van der Waals surface area contributed by atoms with Crippen LogP contribution < -0.4 is 5.32 Å². The van der Waals surface area contributed by atoms with E-state index in [1.54, 1.807) is 6.20 Å². The molecule has 0 bridgehead atoms. The molecule has 4 aromatic rings. The van der Waals surface area contributed by atoms with Crippen molar-refractivity contribution in [1.29, 1.82) is 0 Å². The fourth-order valence-electron chi connectivity index (χ4n) is 2.76. The fourth-order valence-corrected chi connectivity index (χ4v) is 2.76. The number of aryl methyl sites for hydroxylation is 1. The third kappa shape index (κ3) is 2.75. The molecule has 0 unspecified atom stereocenters. The summed E-state index contributed by atoms with van der Waals surface area (Å²) in [7, 11) is 0. The lowest BCUT2D eigenvalue weighted by Crippen LogP contribution is -2.02. The number of nitrogens with one attached hydrogen (secondary N) is 2. The zero-order valence-corrected chi connectivity index (χ0v) is 13.0. The Kier molecular flexibility index (Phi) is 3.42. The summed E-state index contributed by atoms with van der Waals surface area (Å²) in [6, 6.07) is 14.7. The van der Waals surface area contributed by atoms with E-state index in [1.165, 1.54) is 16.5 Å². The first-order valence-corrected chi connectivity index (χ1v) is 7.87. The number of H-pyrrole nitrogens is 1. The molecule has 23 heavy (non-hydrogen) atoms. The summed E-state index contributed by atoms with van der Waals surface area (Å²) < 4.78 is 0. The lowest BCUT2D eigenvalue weighted by atomic mass is 10.1. The molecule has 4 nitrogen and oxygen atoms in total. The average Bonchev–Trinajstić information content (AvgIpc) is 3.07. The van der Waals surface area contributed by atoms with E-state index in [4.69, 9.17) is 0 Å². The van der Waals surface area contributed by atoms with Crippen LogP contribution in [0.25, 0.3) is 21.9 Å². The second kappa shape index (κ2) is 5.72. The molecule has 0 spiro atoms. The van der Waals surface area contributed by atoms with E-state index < -0.39 is 0 Å². The zero-order chi connectivity index (χ0) is 15.6. The normalized spacial score (nSPS) is 11.2. The second-order valence-electron chi connectivity index (χ2n) is 5.68. The van der Waals surface area contributed by atoms with Crippen LogP contribution in [0, 0.1) is 0 Å². The topological polar surface area (TPSA) is 53.6 Å². The monoisotopic (exact) mass is 302 g/mol. The van der Waals surface area contributed by atoms with E-state index in [-0.39, 0.29) is 0 Å². The van der Waals surface area contributed by atoms with Gasteiger partial charge in [0, 0.05) is 18.3 Å². The molecule has 0 saturated carbocycles. The van der Waals surface area contributed by atoms with Crippen molar-refractivity contribution in [3.8, 4) is 0 Å². The fraction of sp³-hybridized carbons (Fsp3) is 0.158. The van der Waals surface area contributed by atoms with Gasteiger partial charge in [-0.3, -0.25) is 4.98 Å². The first-order chi connectivity index (χ1) is 11.3.